The quantitative estimate of drug-likeness (QED) is 0.780. The van der Waals surface area contributed by atoms with Gasteiger partial charge in [-0.1, -0.05) is 51.1 Å². The third-order valence-electron chi connectivity index (χ3n) is 4.08. The third kappa shape index (κ3) is 4.75. The Bertz CT molecular complexity index is 866. The Morgan fingerprint density at radius 2 is 1.62 bits per heavy atom. The lowest BCUT2D eigenvalue weighted by Gasteiger charge is -2.27. The van der Waals surface area contributed by atoms with Crippen molar-refractivity contribution in [2.45, 2.75) is 50.3 Å². The van der Waals surface area contributed by atoms with Crippen molar-refractivity contribution in [2.24, 2.45) is 0 Å². The second-order valence-corrected chi connectivity index (χ2v) is 11.8. The monoisotopic (exact) mass is 391 g/mol. The minimum absolute atomic E-state index is 0.122. The van der Waals surface area contributed by atoms with Crippen molar-refractivity contribution in [3.05, 3.63) is 59.2 Å². The molecule has 0 aliphatic rings. The predicted molar refractivity (Wildman–Crippen MR) is 107 cm³/mol. The van der Waals surface area contributed by atoms with E-state index in [0.717, 1.165) is 11.3 Å². The molecule has 0 saturated heterocycles. The molecule has 2 rings (SSSR count). The van der Waals surface area contributed by atoms with Gasteiger partial charge in [0.25, 0.3) is 9.04 Å². The number of aliphatic hydroxyl groups excluding tert-OH is 1. The molecule has 26 heavy (non-hydrogen) atoms. The molecule has 1 radical (unpaired) electrons. The van der Waals surface area contributed by atoms with Gasteiger partial charge in [-0.25, -0.2) is 8.42 Å². The first-order valence-corrected chi connectivity index (χ1v) is 12.8. The highest BCUT2D eigenvalue weighted by Crippen LogP contribution is 2.39. The summed E-state index contributed by atoms with van der Waals surface area (Å²) in [6.07, 6.45) is 0.283. The number of hydrogen-bond donors (Lipinski definition) is 1. The van der Waals surface area contributed by atoms with Crippen LogP contribution < -0.4 is 4.43 Å². The van der Waals surface area contributed by atoms with Gasteiger partial charge in [0.1, 0.15) is 11.9 Å². The summed E-state index contributed by atoms with van der Waals surface area (Å²) in [5.74, 6) is 0.735. The van der Waals surface area contributed by atoms with Crippen LogP contribution in [0.1, 0.15) is 43.6 Å². The van der Waals surface area contributed by atoms with Gasteiger partial charge in [-0.3, -0.25) is 0 Å². The van der Waals surface area contributed by atoms with Gasteiger partial charge in [0.05, 0.1) is 4.90 Å². The maximum Gasteiger partial charge on any atom is 0.274 e. The van der Waals surface area contributed by atoms with Crippen LogP contribution in [0.5, 0.6) is 5.75 Å². The van der Waals surface area contributed by atoms with Crippen LogP contribution in [0.2, 0.25) is 13.1 Å². The Balaban J connectivity index is 2.53. The second kappa shape index (κ2) is 7.54. The molecular formula is C20H27O4SSi. The van der Waals surface area contributed by atoms with E-state index < -0.39 is 25.0 Å². The van der Waals surface area contributed by atoms with E-state index in [4.69, 9.17) is 4.43 Å². The minimum Gasteiger partial charge on any atom is -0.542 e. The lowest BCUT2D eigenvalue weighted by Crippen LogP contribution is -2.20. The summed E-state index contributed by atoms with van der Waals surface area (Å²) in [6, 6.07) is 12.2. The summed E-state index contributed by atoms with van der Waals surface area (Å²) in [5.41, 5.74) is 2.26. The van der Waals surface area contributed by atoms with Crippen LogP contribution in [0.25, 0.3) is 0 Å². The number of para-hydroxylation sites is 1. The van der Waals surface area contributed by atoms with Gasteiger partial charge < -0.3 is 9.53 Å². The molecule has 0 spiro atoms. The van der Waals surface area contributed by atoms with E-state index in [1.54, 1.807) is 12.1 Å². The van der Waals surface area contributed by atoms with Crippen molar-refractivity contribution < 1.29 is 18.0 Å². The van der Waals surface area contributed by atoms with E-state index in [1.807, 2.05) is 18.2 Å². The highest BCUT2D eigenvalue weighted by Gasteiger charge is 2.25. The van der Waals surface area contributed by atoms with Crippen LogP contribution in [0.3, 0.4) is 0 Å². The third-order valence-corrected chi connectivity index (χ3v) is 5.82. The number of rotatable bonds is 5. The smallest absolute Gasteiger partial charge is 0.274 e. The zero-order valence-electron chi connectivity index (χ0n) is 16.2. The molecule has 0 fully saturated rings. The molecule has 1 unspecified atom stereocenters. The molecule has 0 heterocycles. The zero-order chi connectivity index (χ0) is 19.7. The average Bonchev–Trinajstić information content (AvgIpc) is 2.52. The highest BCUT2D eigenvalue weighted by atomic mass is 32.2. The standard InChI is InChI=1S/C20H27O4SSi/c1-20(2,3)17-9-7-8-16(19(17)24-26(5)6)18(21)14-10-12-15(13-11-14)25(4,22)23/h7-13,18,21H,1-6H3. The first kappa shape index (κ1) is 20.7. The van der Waals surface area contributed by atoms with Gasteiger partial charge in [-0.2, -0.15) is 0 Å². The van der Waals surface area contributed by atoms with Crippen molar-refractivity contribution in [1.82, 2.24) is 0 Å². The van der Waals surface area contributed by atoms with Gasteiger partial charge >= 0.3 is 0 Å². The van der Waals surface area contributed by atoms with Gasteiger partial charge in [-0.05, 0) is 41.8 Å². The summed E-state index contributed by atoms with van der Waals surface area (Å²) < 4.78 is 29.4. The van der Waals surface area contributed by atoms with Gasteiger partial charge in [0.15, 0.2) is 9.84 Å². The fraction of sp³-hybridized carbons (Fsp3) is 0.400. The van der Waals surface area contributed by atoms with Crippen molar-refractivity contribution in [2.75, 3.05) is 6.26 Å². The average molecular weight is 392 g/mol. The lowest BCUT2D eigenvalue weighted by atomic mass is 9.84. The molecule has 0 saturated carbocycles. The lowest BCUT2D eigenvalue weighted by molar-refractivity contribution is 0.217. The molecule has 0 bridgehead atoms. The van der Waals surface area contributed by atoms with E-state index in [2.05, 4.69) is 33.9 Å². The van der Waals surface area contributed by atoms with Crippen LogP contribution in [0.4, 0.5) is 0 Å². The molecular weight excluding hydrogens is 364 g/mol. The van der Waals surface area contributed by atoms with Gasteiger partial charge in [0.2, 0.25) is 0 Å². The predicted octanol–water partition coefficient (Wildman–Crippen LogP) is 4.10. The maximum absolute atomic E-state index is 11.6. The van der Waals surface area contributed by atoms with Gasteiger partial charge in [0, 0.05) is 11.8 Å². The fourth-order valence-corrected chi connectivity index (χ4v) is 4.02. The Morgan fingerprint density at radius 3 is 2.08 bits per heavy atom. The molecule has 1 N–H and O–H groups in total. The number of hydrogen-bond acceptors (Lipinski definition) is 4. The van der Waals surface area contributed by atoms with Crippen LogP contribution in [0.15, 0.2) is 47.4 Å². The molecule has 6 heteroatoms. The first-order chi connectivity index (χ1) is 11.9. The van der Waals surface area contributed by atoms with Crippen molar-refractivity contribution in [3.8, 4) is 5.75 Å². The van der Waals surface area contributed by atoms with E-state index >= 15 is 0 Å². The number of aliphatic hydroxyl groups is 1. The SMILES string of the molecule is C[Si](C)Oc1c(C(O)c2ccc(S(C)(=O)=O)cc2)cccc1C(C)(C)C. The molecule has 4 nitrogen and oxygen atoms in total. The fourth-order valence-electron chi connectivity index (χ4n) is 2.76. The Hall–Kier alpha value is -1.63. The summed E-state index contributed by atoms with van der Waals surface area (Å²) in [5, 5.41) is 11.0. The van der Waals surface area contributed by atoms with Crippen molar-refractivity contribution in [1.29, 1.82) is 0 Å². The van der Waals surface area contributed by atoms with E-state index in [0.29, 0.717) is 11.1 Å². The van der Waals surface area contributed by atoms with Crippen molar-refractivity contribution >= 4 is 18.9 Å². The zero-order valence-corrected chi connectivity index (χ0v) is 18.0. The molecule has 0 aliphatic heterocycles. The van der Waals surface area contributed by atoms with Crippen LogP contribution in [-0.4, -0.2) is 28.8 Å². The number of sulfone groups is 1. The summed E-state index contributed by atoms with van der Waals surface area (Å²) in [7, 11) is -4.28. The Kier molecular flexibility index (Phi) is 6.00. The van der Waals surface area contributed by atoms with Crippen LogP contribution in [-0.2, 0) is 15.3 Å². The molecule has 2 aromatic carbocycles. The summed E-state index contributed by atoms with van der Waals surface area (Å²) >= 11 is 0. The summed E-state index contributed by atoms with van der Waals surface area (Å²) in [4.78, 5) is 0.237. The Morgan fingerprint density at radius 1 is 1.04 bits per heavy atom. The van der Waals surface area contributed by atoms with Crippen LogP contribution in [0, 0.1) is 0 Å². The second-order valence-electron chi connectivity index (χ2n) is 7.73. The normalized spacial score (nSPS) is 13.7. The molecule has 0 aromatic heterocycles. The molecule has 2 aromatic rings. The van der Waals surface area contributed by atoms with Gasteiger partial charge in [-0.15, -0.1) is 0 Å². The maximum atomic E-state index is 11.6. The molecule has 0 amide bonds. The number of benzene rings is 2. The van der Waals surface area contributed by atoms with E-state index in [-0.39, 0.29) is 10.3 Å². The van der Waals surface area contributed by atoms with Crippen molar-refractivity contribution in [3.63, 3.8) is 0 Å². The van der Waals surface area contributed by atoms with Crippen LogP contribution >= 0.6 is 0 Å². The minimum atomic E-state index is -3.26. The van der Waals surface area contributed by atoms with E-state index in [9.17, 15) is 13.5 Å². The molecule has 141 valence electrons. The topological polar surface area (TPSA) is 63.6 Å². The molecule has 1 atom stereocenters. The molecule has 0 aliphatic carbocycles. The Labute approximate surface area is 158 Å². The first-order valence-electron chi connectivity index (χ1n) is 8.50. The highest BCUT2D eigenvalue weighted by molar-refractivity contribution is 7.90. The summed E-state index contributed by atoms with van der Waals surface area (Å²) in [6.45, 7) is 10.5. The largest absolute Gasteiger partial charge is 0.542 e. The van der Waals surface area contributed by atoms with E-state index in [1.165, 1.54) is 18.4 Å².